The standard InChI is InChI=1S/C30H27N3O6/c1-3-4-19-31(21(2)34)27-18-8-6-5-7-17-26-28-30(27,39-28)23-14-10-12-16-25(23)32(26)29(35)38-20-22-13-9-11-15-24(22)33(36)37/h5-6,9-16,26-28H,3-4,19-20H2,1-2H3/b6-5-/t26-,27?,28-,30-/m0/s1. The minimum atomic E-state index is -0.970. The molecule has 2 bridgehead atoms. The summed E-state index contributed by atoms with van der Waals surface area (Å²) in [7, 11) is 0. The van der Waals surface area contributed by atoms with Crippen LogP contribution in [-0.2, 0) is 26.5 Å². The molecule has 2 amide bonds. The third kappa shape index (κ3) is 4.62. The predicted molar refractivity (Wildman–Crippen MR) is 143 cm³/mol. The lowest BCUT2D eigenvalue weighted by Gasteiger charge is -2.39. The van der Waals surface area contributed by atoms with Gasteiger partial charge >= 0.3 is 6.09 Å². The van der Waals surface area contributed by atoms with E-state index in [1.54, 1.807) is 47.4 Å². The summed E-state index contributed by atoms with van der Waals surface area (Å²) in [6, 6.07) is 12.1. The lowest BCUT2D eigenvalue weighted by atomic mass is 9.79. The number of fused-ring (bicyclic) bond motifs is 1. The number of hydrogen-bond acceptors (Lipinski definition) is 6. The van der Waals surface area contributed by atoms with E-state index in [1.165, 1.54) is 17.9 Å². The van der Waals surface area contributed by atoms with Crippen LogP contribution in [0.2, 0.25) is 0 Å². The monoisotopic (exact) mass is 525 g/mol. The summed E-state index contributed by atoms with van der Waals surface area (Å²) < 4.78 is 12.1. The van der Waals surface area contributed by atoms with E-state index < -0.39 is 34.8 Å². The molecule has 3 aliphatic rings. The van der Waals surface area contributed by atoms with Crippen molar-refractivity contribution in [3.8, 4) is 23.7 Å². The van der Waals surface area contributed by atoms with Crippen LogP contribution in [0.15, 0.2) is 60.7 Å². The van der Waals surface area contributed by atoms with Gasteiger partial charge in [-0.15, -0.1) is 0 Å². The number of rotatable bonds is 7. The maximum atomic E-state index is 13.6. The number of nitro benzene ring substituents is 1. The molecule has 39 heavy (non-hydrogen) atoms. The molecule has 198 valence electrons. The molecule has 5 rings (SSSR count). The third-order valence-corrected chi connectivity index (χ3v) is 7.15. The van der Waals surface area contributed by atoms with Crippen molar-refractivity contribution >= 4 is 23.4 Å². The van der Waals surface area contributed by atoms with Crippen LogP contribution in [0.4, 0.5) is 16.2 Å². The molecule has 1 unspecified atom stereocenters. The number of nitro groups is 1. The Morgan fingerprint density at radius 2 is 1.85 bits per heavy atom. The van der Waals surface area contributed by atoms with Crippen molar-refractivity contribution in [2.24, 2.45) is 0 Å². The second-order valence-corrected chi connectivity index (χ2v) is 9.48. The van der Waals surface area contributed by atoms with E-state index in [4.69, 9.17) is 9.47 Å². The Kier molecular flexibility index (Phi) is 7.10. The molecule has 0 radical (unpaired) electrons. The molecule has 2 aromatic carbocycles. The number of nitrogens with zero attached hydrogens (tertiary/aromatic N) is 3. The number of amides is 2. The van der Waals surface area contributed by atoms with Crippen molar-refractivity contribution in [2.75, 3.05) is 11.4 Å². The highest BCUT2D eigenvalue weighted by molar-refractivity contribution is 5.92. The number of anilines is 1. The van der Waals surface area contributed by atoms with Crippen LogP contribution >= 0.6 is 0 Å². The van der Waals surface area contributed by atoms with Crippen LogP contribution in [0.5, 0.6) is 0 Å². The summed E-state index contributed by atoms with van der Waals surface area (Å²) in [6.45, 7) is 3.82. The molecule has 0 saturated carbocycles. The molecule has 1 saturated heterocycles. The number of benzene rings is 2. The zero-order chi connectivity index (χ0) is 27.6. The van der Waals surface area contributed by atoms with Gasteiger partial charge in [0.25, 0.3) is 5.69 Å². The molecular weight excluding hydrogens is 498 g/mol. The molecule has 9 heteroatoms. The first-order valence-corrected chi connectivity index (χ1v) is 12.8. The highest BCUT2D eigenvalue weighted by Gasteiger charge is 2.71. The molecule has 0 aromatic heterocycles. The van der Waals surface area contributed by atoms with Gasteiger partial charge in [-0.05, 0) is 30.7 Å². The molecule has 0 spiro atoms. The van der Waals surface area contributed by atoms with Gasteiger partial charge in [-0.1, -0.05) is 67.4 Å². The number of allylic oxidation sites excluding steroid dienone is 2. The van der Waals surface area contributed by atoms with Gasteiger partial charge in [0.05, 0.1) is 16.2 Å². The Labute approximate surface area is 226 Å². The maximum Gasteiger partial charge on any atom is 0.415 e. The lowest BCUT2D eigenvalue weighted by molar-refractivity contribution is -0.385. The number of hydrogen-bond donors (Lipinski definition) is 0. The van der Waals surface area contributed by atoms with Gasteiger partial charge in [0.2, 0.25) is 5.91 Å². The molecule has 2 aliphatic heterocycles. The summed E-state index contributed by atoms with van der Waals surface area (Å²) in [4.78, 5) is 40.5. The van der Waals surface area contributed by atoms with Gasteiger partial charge < -0.3 is 14.4 Å². The quantitative estimate of drug-likeness (QED) is 0.231. The first-order chi connectivity index (χ1) is 18.9. The summed E-state index contributed by atoms with van der Waals surface area (Å²) in [5.41, 5.74) is 0.426. The highest BCUT2D eigenvalue weighted by Crippen LogP contribution is 2.59. The van der Waals surface area contributed by atoms with Gasteiger partial charge in [0.1, 0.15) is 24.8 Å². The number of ether oxygens (including phenoxy) is 2. The van der Waals surface area contributed by atoms with E-state index >= 15 is 0 Å². The van der Waals surface area contributed by atoms with E-state index in [1.807, 2.05) is 12.1 Å². The summed E-state index contributed by atoms with van der Waals surface area (Å²) in [6.07, 6.45) is 3.67. The van der Waals surface area contributed by atoms with E-state index in [-0.39, 0.29) is 23.8 Å². The van der Waals surface area contributed by atoms with Crippen molar-refractivity contribution in [3.05, 3.63) is 81.9 Å². The Hall–Kier alpha value is -4.60. The molecular formula is C30H27N3O6. The smallest absolute Gasteiger partial charge is 0.415 e. The number of carbonyl (C=O) groups is 2. The highest BCUT2D eigenvalue weighted by atomic mass is 16.6. The Morgan fingerprint density at radius 1 is 1.13 bits per heavy atom. The van der Waals surface area contributed by atoms with Crippen molar-refractivity contribution in [1.82, 2.24) is 4.90 Å². The van der Waals surface area contributed by atoms with Crippen LogP contribution in [0.1, 0.15) is 37.8 Å². The zero-order valence-corrected chi connectivity index (χ0v) is 21.6. The average Bonchev–Trinajstić information content (AvgIpc) is 3.69. The fourth-order valence-corrected chi connectivity index (χ4v) is 5.29. The van der Waals surface area contributed by atoms with E-state index in [9.17, 15) is 19.7 Å². The Bertz CT molecular complexity index is 1480. The first-order valence-electron chi connectivity index (χ1n) is 12.8. The second kappa shape index (κ2) is 10.6. The molecule has 9 nitrogen and oxygen atoms in total. The van der Waals surface area contributed by atoms with Gasteiger partial charge in [-0.25, -0.2) is 4.79 Å². The Balaban J connectivity index is 1.55. The minimum Gasteiger partial charge on any atom is -0.444 e. The van der Waals surface area contributed by atoms with Crippen molar-refractivity contribution < 1.29 is 24.0 Å². The van der Waals surface area contributed by atoms with E-state index in [0.29, 0.717) is 17.8 Å². The molecule has 1 fully saturated rings. The van der Waals surface area contributed by atoms with Gasteiger partial charge in [0, 0.05) is 25.1 Å². The van der Waals surface area contributed by atoms with Gasteiger partial charge in [-0.2, -0.15) is 0 Å². The molecule has 2 heterocycles. The Morgan fingerprint density at radius 3 is 2.59 bits per heavy atom. The van der Waals surface area contributed by atoms with Crippen molar-refractivity contribution in [3.63, 3.8) is 0 Å². The first kappa shape index (κ1) is 26.0. The van der Waals surface area contributed by atoms with E-state index in [2.05, 4.69) is 30.6 Å². The average molecular weight is 526 g/mol. The van der Waals surface area contributed by atoms with Crippen LogP contribution in [0.3, 0.4) is 0 Å². The van der Waals surface area contributed by atoms with Crippen LogP contribution in [-0.4, -0.2) is 46.6 Å². The normalized spacial score (nSPS) is 24.4. The topological polar surface area (TPSA) is 106 Å². The van der Waals surface area contributed by atoms with Crippen LogP contribution in [0.25, 0.3) is 0 Å². The van der Waals surface area contributed by atoms with Gasteiger partial charge in [0.15, 0.2) is 5.60 Å². The molecule has 0 N–H and O–H groups in total. The van der Waals surface area contributed by atoms with Crippen molar-refractivity contribution in [2.45, 2.75) is 57.1 Å². The van der Waals surface area contributed by atoms with Crippen LogP contribution in [0, 0.1) is 33.8 Å². The molecule has 4 atom stereocenters. The van der Waals surface area contributed by atoms with E-state index in [0.717, 1.165) is 12.8 Å². The van der Waals surface area contributed by atoms with Crippen molar-refractivity contribution in [1.29, 1.82) is 0 Å². The number of unbranched alkanes of at least 4 members (excludes halogenated alkanes) is 1. The number of para-hydroxylation sites is 2. The summed E-state index contributed by atoms with van der Waals surface area (Å²) in [5.74, 6) is 12.2. The number of carbonyl (C=O) groups excluding carboxylic acids is 2. The second-order valence-electron chi connectivity index (χ2n) is 9.48. The molecule has 2 aromatic rings. The lowest BCUT2D eigenvalue weighted by Crippen LogP contribution is -2.55. The third-order valence-electron chi connectivity index (χ3n) is 7.15. The maximum absolute atomic E-state index is 13.6. The predicted octanol–water partition coefficient (Wildman–Crippen LogP) is 4.31. The SMILES string of the molecule is CCCCN(C(C)=O)C1C#C/C=C\C#C[C@H]2[C@@H]3O[C@@]13c1ccccc1N2C(=O)OCc1ccccc1[N+](=O)[O-]. The summed E-state index contributed by atoms with van der Waals surface area (Å²) >= 11 is 0. The fraction of sp³-hybridized carbons (Fsp3) is 0.333. The largest absolute Gasteiger partial charge is 0.444 e. The summed E-state index contributed by atoms with van der Waals surface area (Å²) in [5, 5.41) is 11.4. The molecule has 1 aliphatic carbocycles. The zero-order valence-electron chi connectivity index (χ0n) is 21.6. The van der Waals surface area contributed by atoms with Crippen LogP contribution < -0.4 is 4.90 Å². The number of epoxide rings is 1. The fourth-order valence-electron chi connectivity index (χ4n) is 5.29. The van der Waals surface area contributed by atoms with Gasteiger partial charge in [-0.3, -0.25) is 19.8 Å². The minimum absolute atomic E-state index is 0.112.